The van der Waals surface area contributed by atoms with Gasteiger partial charge in [-0.15, -0.1) is 0 Å². The highest BCUT2D eigenvalue weighted by molar-refractivity contribution is 5.82. The van der Waals surface area contributed by atoms with Gasteiger partial charge in [0, 0.05) is 37.7 Å². The van der Waals surface area contributed by atoms with Crippen molar-refractivity contribution in [2.75, 3.05) is 29.9 Å². The maximum atomic E-state index is 14.5. The molecule has 1 aliphatic carbocycles. The fourth-order valence-corrected chi connectivity index (χ4v) is 4.66. The van der Waals surface area contributed by atoms with E-state index in [2.05, 4.69) is 10.4 Å². The minimum absolute atomic E-state index is 0.0930. The van der Waals surface area contributed by atoms with Crippen LogP contribution in [0.5, 0.6) is 0 Å². The van der Waals surface area contributed by atoms with Crippen LogP contribution < -0.4 is 10.2 Å². The summed E-state index contributed by atoms with van der Waals surface area (Å²) in [5.41, 5.74) is 1.04. The number of carbonyl (C=O) groups is 1. The maximum absolute atomic E-state index is 14.5. The van der Waals surface area contributed by atoms with Crippen LogP contribution in [0.1, 0.15) is 19.3 Å². The van der Waals surface area contributed by atoms with Gasteiger partial charge in [-0.3, -0.25) is 9.69 Å². The van der Waals surface area contributed by atoms with Gasteiger partial charge in [0.2, 0.25) is 0 Å². The first kappa shape index (κ1) is 20.1. The number of hydrogen-bond donors (Lipinski definition) is 2. The van der Waals surface area contributed by atoms with Crippen molar-refractivity contribution in [3.63, 3.8) is 0 Å². The number of halogens is 2. The quantitative estimate of drug-likeness (QED) is 0.702. The van der Waals surface area contributed by atoms with Gasteiger partial charge in [0.25, 0.3) is 0 Å². The largest absolute Gasteiger partial charge is 0.361 e. The zero-order chi connectivity index (χ0) is 21.5. The molecule has 4 atom stereocenters. The zero-order valence-corrected chi connectivity index (χ0v) is 16.9. The topological polar surface area (TPSA) is 86.0 Å². The highest BCUT2D eigenvalue weighted by Gasteiger charge is 2.37. The number of aliphatic hydroxyl groups is 1. The van der Waals surface area contributed by atoms with E-state index in [0.717, 1.165) is 12.8 Å². The second-order valence-electron chi connectivity index (χ2n) is 8.22. The summed E-state index contributed by atoms with van der Waals surface area (Å²) in [6, 6.07) is 1.62. The van der Waals surface area contributed by atoms with Gasteiger partial charge < -0.3 is 15.3 Å². The van der Waals surface area contributed by atoms with E-state index in [1.807, 2.05) is 11.0 Å². The fourth-order valence-electron chi connectivity index (χ4n) is 4.66. The van der Waals surface area contributed by atoms with Crippen molar-refractivity contribution >= 4 is 22.9 Å². The van der Waals surface area contributed by atoms with Gasteiger partial charge in [0.1, 0.15) is 29.3 Å². The number of Topliss-reactive ketones (excluding diaryl/α,β-unsaturated/α-hetero) is 1. The number of likely N-dealkylation sites (tertiary alicyclic amines) is 1. The Morgan fingerprint density at radius 1 is 1.32 bits per heavy atom. The van der Waals surface area contributed by atoms with Gasteiger partial charge >= 0.3 is 0 Å². The van der Waals surface area contributed by atoms with Crippen LogP contribution in [-0.4, -0.2) is 68.6 Å². The zero-order valence-electron chi connectivity index (χ0n) is 16.9. The number of alkyl halides is 1. The Balaban J connectivity index is 1.40. The van der Waals surface area contributed by atoms with Crippen LogP contribution in [0.2, 0.25) is 0 Å². The van der Waals surface area contributed by atoms with E-state index in [1.54, 1.807) is 21.8 Å². The lowest BCUT2D eigenvalue weighted by molar-refractivity contribution is -0.117. The molecular weight excluding hydrogens is 406 g/mol. The van der Waals surface area contributed by atoms with Crippen molar-refractivity contribution in [3.8, 4) is 0 Å². The first-order valence-electron chi connectivity index (χ1n) is 10.5. The van der Waals surface area contributed by atoms with Gasteiger partial charge in [-0.2, -0.15) is 5.10 Å². The van der Waals surface area contributed by atoms with Crippen LogP contribution in [0.25, 0.3) is 5.65 Å². The van der Waals surface area contributed by atoms with Crippen LogP contribution in [0, 0.1) is 5.92 Å². The lowest BCUT2D eigenvalue weighted by Crippen LogP contribution is -2.40. The third kappa shape index (κ3) is 3.81. The molecule has 10 heteroatoms. The standard InChI is InChI=1S/C21H24F2N6O2/c22-13-3-4-16(23)15(10-13)18-2-1-7-28(18)19-6-9-29-20(26-19)17(11-24-29)25-21(31)27-8-5-14(30)12-27/h3-4,6,9-11,15-16,18,21,25,31H,1-2,5,7-8,12H2/t15?,16?,18-,21?/m1/s1. The third-order valence-electron chi connectivity index (χ3n) is 6.24. The Hall–Kier alpha value is -2.85. The number of rotatable bonds is 5. The Morgan fingerprint density at radius 3 is 3.00 bits per heavy atom. The third-order valence-corrected chi connectivity index (χ3v) is 6.24. The maximum Gasteiger partial charge on any atom is 0.184 e. The summed E-state index contributed by atoms with van der Waals surface area (Å²) >= 11 is 0. The lowest BCUT2D eigenvalue weighted by Gasteiger charge is -2.33. The molecule has 164 valence electrons. The average molecular weight is 430 g/mol. The highest BCUT2D eigenvalue weighted by Crippen LogP contribution is 2.35. The monoisotopic (exact) mass is 430 g/mol. The molecule has 2 N–H and O–H groups in total. The summed E-state index contributed by atoms with van der Waals surface area (Å²) in [5.74, 6) is -0.233. The average Bonchev–Trinajstić information content (AvgIpc) is 3.49. The molecule has 31 heavy (non-hydrogen) atoms. The van der Waals surface area contributed by atoms with Gasteiger partial charge in [-0.1, -0.05) is 0 Å². The molecule has 2 aliphatic heterocycles. The van der Waals surface area contributed by atoms with E-state index in [9.17, 15) is 18.7 Å². The molecule has 2 fully saturated rings. The molecule has 0 spiro atoms. The van der Waals surface area contributed by atoms with E-state index in [-0.39, 0.29) is 18.4 Å². The predicted molar refractivity (Wildman–Crippen MR) is 111 cm³/mol. The Kier molecular flexibility index (Phi) is 5.19. The Bertz CT molecular complexity index is 1050. The molecule has 0 aromatic carbocycles. The molecule has 2 saturated heterocycles. The Morgan fingerprint density at radius 2 is 2.19 bits per heavy atom. The number of hydrogen-bond acceptors (Lipinski definition) is 7. The number of fused-ring (bicyclic) bond motifs is 1. The summed E-state index contributed by atoms with van der Waals surface area (Å²) in [6.45, 7) is 1.39. The fraction of sp³-hybridized carbons (Fsp3) is 0.476. The second kappa shape index (κ2) is 8.01. The number of aliphatic hydroxyl groups excluding tert-OH is 1. The van der Waals surface area contributed by atoms with Crippen molar-refractivity contribution < 1.29 is 18.7 Å². The van der Waals surface area contributed by atoms with Gasteiger partial charge in [0.05, 0.1) is 12.7 Å². The van der Waals surface area contributed by atoms with E-state index in [4.69, 9.17) is 4.98 Å². The summed E-state index contributed by atoms with van der Waals surface area (Å²) in [7, 11) is 0. The predicted octanol–water partition coefficient (Wildman–Crippen LogP) is 2.04. The minimum Gasteiger partial charge on any atom is -0.361 e. The minimum atomic E-state index is -1.24. The van der Waals surface area contributed by atoms with Crippen molar-refractivity contribution in [2.24, 2.45) is 5.92 Å². The first-order chi connectivity index (χ1) is 15.0. The van der Waals surface area contributed by atoms with E-state index >= 15 is 0 Å². The van der Waals surface area contributed by atoms with Crippen molar-refractivity contribution in [3.05, 3.63) is 42.5 Å². The number of ketones is 1. The molecule has 8 nitrogen and oxygen atoms in total. The van der Waals surface area contributed by atoms with Crippen molar-refractivity contribution in [1.82, 2.24) is 19.5 Å². The molecule has 4 heterocycles. The van der Waals surface area contributed by atoms with Crippen molar-refractivity contribution in [1.29, 1.82) is 0 Å². The van der Waals surface area contributed by atoms with Crippen LogP contribution in [-0.2, 0) is 4.79 Å². The van der Waals surface area contributed by atoms with E-state index < -0.39 is 24.3 Å². The number of anilines is 2. The first-order valence-corrected chi connectivity index (χ1v) is 10.5. The normalized spacial score (nSPS) is 27.8. The number of allylic oxidation sites excluding steroid dienone is 3. The van der Waals surface area contributed by atoms with Gasteiger partial charge in [0.15, 0.2) is 12.0 Å². The molecule has 3 aliphatic rings. The second-order valence-corrected chi connectivity index (χ2v) is 8.22. The molecule has 5 rings (SSSR count). The van der Waals surface area contributed by atoms with Gasteiger partial charge in [-0.05, 0) is 37.1 Å². The molecule has 0 bridgehead atoms. The molecule has 3 unspecified atom stereocenters. The molecule has 0 amide bonds. The summed E-state index contributed by atoms with van der Waals surface area (Å²) in [6.07, 6.45) is 6.92. The highest BCUT2D eigenvalue weighted by atomic mass is 19.1. The smallest absolute Gasteiger partial charge is 0.184 e. The van der Waals surface area contributed by atoms with Crippen LogP contribution in [0.15, 0.2) is 42.5 Å². The summed E-state index contributed by atoms with van der Waals surface area (Å²) in [4.78, 5) is 19.9. The SMILES string of the molecule is O=C1CCN(C(O)Nc2cnn3ccc(N4CCC[C@@H]4C4C=C(F)C=CC4F)nc23)C1. The lowest BCUT2D eigenvalue weighted by atomic mass is 9.89. The van der Waals surface area contributed by atoms with Crippen LogP contribution in [0.3, 0.4) is 0 Å². The summed E-state index contributed by atoms with van der Waals surface area (Å²) in [5, 5.41) is 17.7. The number of nitrogens with zero attached hydrogens (tertiary/aromatic N) is 5. The van der Waals surface area contributed by atoms with E-state index in [1.165, 1.54) is 18.2 Å². The molecular formula is C21H24F2N6O2. The molecule has 2 aromatic heterocycles. The molecule has 2 aromatic rings. The summed E-state index contributed by atoms with van der Waals surface area (Å²) < 4.78 is 29.9. The number of carbonyl (C=O) groups excluding carboxylic acids is 1. The van der Waals surface area contributed by atoms with Gasteiger partial charge in [-0.25, -0.2) is 18.3 Å². The molecule has 0 saturated carbocycles. The number of nitrogens with one attached hydrogen (secondary N) is 1. The van der Waals surface area contributed by atoms with E-state index in [0.29, 0.717) is 36.7 Å². The molecule has 0 radical (unpaired) electrons. The van der Waals surface area contributed by atoms with Crippen molar-refractivity contribution in [2.45, 2.75) is 37.8 Å². The Labute approximate surface area is 177 Å². The van der Waals surface area contributed by atoms with Crippen LogP contribution >= 0.6 is 0 Å². The number of aromatic nitrogens is 3. The van der Waals surface area contributed by atoms with Crippen LogP contribution in [0.4, 0.5) is 20.3 Å².